The summed E-state index contributed by atoms with van der Waals surface area (Å²) < 4.78 is 0. The van der Waals surface area contributed by atoms with Gasteiger partial charge < -0.3 is 20.7 Å². The van der Waals surface area contributed by atoms with Crippen LogP contribution in [0.1, 0.15) is 25.0 Å². The molecule has 6 heteroatoms. The number of rotatable bonds is 7. The highest BCUT2D eigenvalue weighted by Crippen LogP contribution is 2.20. The molecule has 1 atom stereocenters. The fraction of sp³-hybridized carbons (Fsp3) is 0.273. The third-order valence-electron chi connectivity index (χ3n) is 4.66. The number of carboxylic acid groups (broad SMARTS) is 1. The van der Waals surface area contributed by atoms with Crippen LogP contribution in [0.5, 0.6) is 0 Å². The van der Waals surface area contributed by atoms with Gasteiger partial charge in [0.15, 0.2) is 0 Å². The van der Waals surface area contributed by atoms with E-state index in [0.717, 1.165) is 22.0 Å². The molecular formula is C22H25N3O3. The Hall–Kier alpha value is -3.28. The average Bonchev–Trinajstić information content (AvgIpc) is 3.04. The van der Waals surface area contributed by atoms with Crippen LogP contribution in [0.15, 0.2) is 60.8 Å². The summed E-state index contributed by atoms with van der Waals surface area (Å²) in [4.78, 5) is 27.3. The predicted octanol–water partition coefficient (Wildman–Crippen LogP) is 3.48. The molecule has 4 N–H and O–H groups in total. The molecule has 3 aromatic rings. The Morgan fingerprint density at radius 2 is 1.75 bits per heavy atom. The van der Waals surface area contributed by atoms with E-state index in [1.165, 1.54) is 0 Å². The maximum atomic E-state index is 12.9. The lowest BCUT2D eigenvalue weighted by Crippen LogP contribution is -2.54. The van der Waals surface area contributed by atoms with Crippen LogP contribution in [0.3, 0.4) is 0 Å². The standard InChI is InChI=1S/C22H25N3O3/c1-22(2,13-15-8-4-3-5-9-15)25-20(26)19(24-21(27)28)12-16-14-23-18-11-7-6-10-17(16)18/h3-11,14,19,23-24H,12-13H2,1-2H3,(H,25,26)(H,27,28)/t19-/m0/s1. The number of carbonyl (C=O) groups is 2. The Kier molecular flexibility index (Phi) is 5.68. The number of H-pyrrole nitrogens is 1. The molecule has 28 heavy (non-hydrogen) atoms. The van der Waals surface area contributed by atoms with Crippen molar-refractivity contribution in [1.29, 1.82) is 0 Å². The van der Waals surface area contributed by atoms with Crippen LogP contribution in [0.4, 0.5) is 4.79 Å². The Balaban J connectivity index is 1.75. The summed E-state index contributed by atoms with van der Waals surface area (Å²) >= 11 is 0. The first-order valence-electron chi connectivity index (χ1n) is 9.24. The number of hydrogen-bond acceptors (Lipinski definition) is 2. The zero-order chi connectivity index (χ0) is 20.1. The second-order valence-electron chi connectivity index (χ2n) is 7.60. The highest BCUT2D eigenvalue weighted by Gasteiger charge is 2.28. The van der Waals surface area contributed by atoms with Crippen molar-refractivity contribution in [1.82, 2.24) is 15.6 Å². The molecule has 3 rings (SSSR count). The summed E-state index contributed by atoms with van der Waals surface area (Å²) in [5.41, 5.74) is 2.44. The third-order valence-corrected chi connectivity index (χ3v) is 4.66. The van der Waals surface area contributed by atoms with Gasteiger partial charge in [-0.3, -0.25) is 4.79 Å². The van der Waals surface area contributed by atoms with Crippen molar-refractivity contribution in [3.8, 4) is 0 Å². The van der Waals surface area contributed by atoms with Gasteiger partial charge in [-0.2, -0.15) is 0 Å². The van der Waals surface area contributed by atoms with Crippen molar-refractivity contribution in [2.45, 2.75) is 38.3 Å². The van der Waals surface area contributed by atoms with E-state index >= 15 is 0 Å². The molecule has 0 aliphatic heterocycles. The number of fused-ring (bicyclic) bond motifs is 1. The molecule has 0 saturated carbocycles. The van der Waals surface area contributed by atoms with E-state index in [-0.39, 0.29) is 12.3 Å². The second-order valence-corrected chi connectivity index (χ2v) is 7.60. The van der Waals surface area contributed by atoms with Crippen molar-refractivity contribution in [3.05, 3.63) is 71.9 Å². The fourth-order valence-electron chi connectivity index (χ4n) is 3.45. The molecule has 0 spiro atoms. The Bertz CT molecular complexity index is 963. The number of aromatic nitrogens is 1. The summed E-state index contributed by atoms with van der Waals surface area (Å²) in [5.74, 6) is -0.339. The van der Waals surface area contributed by atoms with Crippen LogP contribution >= 0.6 is 0 Å². The SMILES string of the molecule is CC(C)(Cc1ccccc1)NC(=O)[C@H](Cc1c[nH]c2ccccc12)NC(=O)O. The zero-order valence-corrected chi connectivity index (χ0v) is 16.0. The van der Waals surface area contributed by atoms with Gasteiger partial charge in [0.2, 0.25) is 5.91 Å². The van der Waals surface area contributed by atoms with Gasteiger partial charge in [0.1, 0.15) is 6.04 Å². The molecular weight excluding hydrogens is 354 g/mol. The van der Waals surface area contributed by atoms with Crippen LogP contribution in [-0.4, -0.2) is 33.7 Å². The molecule has 146 valence electrons. The number of aromatic amines is 1. The second kappa shape index (κ2) is 8.17. The Morgan fingerprint density at radius 3 is 2.46 bits per heavy atom. The lowest BCUT2D eigenvalue weighted by atomic mass is 9.94. The van der Waals surface area contributed by atoms with E-state index in [2.05, 4.69) is 15.6 Å². The minimum atomic E-state index is -1.22. The minimum absolute atomic E-state index is 0.267. The molecule has 0 aliphatic rings. The molecule has 0 unspecified atom stereocenters. The van der Waals surface area contributed by atoms with E-state index < -0.39 is 17.7 Å². The zero-order valence-electron chi connectivity index (χ0n) is 16.0. The quantitative estimate of drug-likeness (QED) is 0.506. The molecule has 1 aromatic heterocycles. The molecule has 0 saturated heterocycles. The third kappa shape index (κ3) is 4.91. The fourth-order valence-corrected chi connectivity index (χ4v) is 3.45. The maximum Gasteiger partial charge on any atom is 0.405 e. The summed E-state index contributed by atoms with van der Waals surface area (Å²) in [5, 5.41) is 15.5. The first kappa shape index (κ1) is 19.5. The molecule has 0 bridgehead atoms. The van der Waals surface area contributed by atoms with Gasteiger partial charge in [-0.1, -0.05) is 48.5 Å². The number of nitrogens with one attached hydrogen (secondary N) is 3. The van der Waals surface area contributed by atoms with E-state index in [1.54, 1.807) is 0 Å². The predicted molar refractivity (Wildman–Crippen MR) is 109 cm³/mol. The van der Waals surface area contributed by atoms with Crippen molar-refractivity contribution in [2.75, 3.05) is 0 Å². The van der Waals surface area contributed by atoms with Crippen LogP contribution < -0.4 is 10.6 Å². The van der Waals surface area contributed by atoms with Crippen molar-refractivity contribution >= 4 is 22.9 Å². The molecule has 6 nitrogen and oxygen atoms in total. The summed E-state index contributed by atoms with van der Waals surface area (Å²) in [6.07, 6.45) is 1.51. The van der Waals surface area contributed by atoms with Gasteiger partial charge in [0.05, 0.1) is 0 Å². The lowest BCUT2D eigenvalue weighted by molar-refractivity contribution is -0.124. The van der Waals surface area contributed by atoms with Crippen LogP contribution in [-0.2, 0) is 17.6 Å². The van der Waals surface area contributed by atoms with Crippen LogP contribution in [0.2, 0.25) is 0 Å². The Labute approximate surface area is 164 Å². The van der Waals surface area contributed by atoms with Crippen molar-refractivity contribution in [3.63, 3.8) is 0 Å². The van der Waals surface area contributed by atoms with Gasteiger partial charge in [0.25, 0.3) is 0 Å². The summed E-state index contributed by atoms with van der Waals surface area (Å²) in [7, 11) is 0. The highest BCUT2D eigenvalue weighted by molar-refractivity contribution is 5.88. The van der Waals surface area contributed by atoms with Crippen molar-refractivity contribution in [2.24, 2.45) is 0 Å². The van der Waals surface area contributed by atoms with Gasteiger partial charge >= 0.3 is 6.09 Å². The van der Waals surface area contributed by atoms with Gasteiger partial charge in [-0.05, 0) is 37.5 Å². The molecule has 0 aliphatic carbocycles. The number of para-hydroxylation sites is 1. The molecule has 1 heterocycles. The molecule has 2 aromatic carbocycles. The number of carbonyl (C=O) groups excluding carboxylic acids is 1. The maximum absolute atomic E-state index is 12.9. The van der Waals surface area contributed by atoms with Gasteiger partial charge in [-0.25, -0.2) is 4.79 Å². The molecule has 0 radical (unpaired) electrons. The largest absolute Gasteiger partial charge is 0.465 e. The molecule has 0 fully saturated rings. The van der Waals surface area contributed by atoms with Gasteiger partial charge in [-0.15, -0.1) is 0 Å². The highest BCUT2D eigenvalue weighted by atomic mass is 16.4. The normalized spacial score (nSPS) is 12.5. The monoisotopic (exact) mass is 379 g/mol. The summed E-state index contributed by atoms with van der Waals surface area (Å²) in [6, 6.07) is 16.7. The number of hydrogen-bond donors (Lipinski definition) is 4. The van der Waals surface area contributed by atoms with E-state index in [1.807, 2.05) is 74.6 Å². The number of amides is 2. The molecule has 2 amide bonds. The van der Waals surface area contributed by atoms with E-state index in [4.69, 9.17) is 0 Å². The first-order chi connectivity index (χ1) is 13.3. The smallest absolute Gasteiger partial charge is 0.405 e. The minimum Gasteiger partial charge on any atom is -0.465 e. The number of benzene rings is 2. The van der Waals surface area contributed by atoms with Crippen LogP contribution in [0.25, 0.3) is 10.9 Å². The Morgan fingerprint density at radius 1 is 1.07 bits per heavy atom. The first-order valence-corrected chi connectivity index (χ1v) is 9.24. The van der Waals surface area contributed by atoms with E-state index in [0.29, 0.717) is 6.42 Å². The van der Waals surface area contributed by atoms with E-state index in [9.17, 15) is 14.7 Å². The van der Waals surface area contributed by atoms with Crippen molar-refractivity contribution < 1.29 is 14.7 Å². The topological polar surface area (TPSA) is 94.2 Å². The lowest BCUT2D eigenvalue weighted by Gasteiger charge is -2.29. The average molecular weight is 379 g/mol. The van der Waals surface area contributed by atoms with Gasteiger partial charge in [0, 0.05) is 29.1 Å². The van der Waals surface area contributed by atoms with Crippen LogP contribution in [0, 0.1) is 0 Å². The summed E-state index contributed by atoms with van der Waals surface area (Å²) in [6.45, 7) is 3.86.